The molecule has 0 unspecified atom stereocenters. The molecule has 106 valence electrons. The van der Waals surface area contributed by atoms with Crippen LogP contribution in [0.5, 0.6) is 5.75 Å². The van der Waals surface area contributed by atoms with E-state index in [2.05, 4.69) is 58.7 Å². The van der Waals surface area contributed by atoms with Crippen molar-refractivity contribution < 1.29 is 4.74 Å². The molecule has 0 spiro atoms. The SMILES string of the molecule is COc1cc(C)cc(C)c1N(C)c1cc(C)c(Br)cn1. The first kappa shape index (κ1) is 14.9. The van der Waals surface area contributed by atoms with Gasteiger partial charge < -0.3 is 9.64 Å². The maximum atomic E-state index is 5.52. The van der Waals surface area contributed by atoms with Gasteiger partial charge in [0, 0.05) is 17.7 Å². The zero-order valence-corrected chi connectivity index (χ0v) is 14.1. The molecule has 3 nitrogen and oxygen atoms in total. The predicted octanol–water partition coefficient (Wildman–Crippen LogP) is 4.55. The van der Waals surface area contributed by atoms with Crippen LogP contribution in [-0.4, -0.2) is 19.1 Å². The fourth-order valence-electron chi connectivity index (χ4n) is 2.33. The molecule has 4 heteroatoms. The molecule has 0 bridgehead atoms. The number of halogens is 1. The fourth-order valence-corrected chi connectivity index (χ4v) is 2.55. The number of anilines is 2. The van der Waals surface area contributed by atoms with Crippen LogP contribution in [0.3, 0.4) is 0 Å². The summed E-state index contributed by atoms with van der Waals surface area (Å²) in [5, 5.41) is 0. The van der Waals surface area contributed by atoms with E-state index in [0.29, 0.717) is 0 Å². The number of methoxy groups -OCH3 is 1. The number of pyridine rings is 1. The molecular formula is C16H19BrN2O. The smallest absolute Gasteiger partial charge is 0.143 e. The molecule has 2 aromatic rings. The second kappa shape index (κ2) is 5.83. The molecule has 0 amide bonds. The van der Waals surface area contributed by atoms with E-state index in [9.17, 15) is 0 Å². The molecule has 0 atom stereocenters. The van der Waals surface area contributed by atoms with E-state index in [1.807, 2.05) is 19.3 Å². The Morgan fingerprint density at radius 3 is 2.40 bits per heavy atom. The summed E-state index contributed by atoms with van der Waals surface area (Å²) >= 11 is 3.48. The Morgan fingerprint density at radius 2 is 1.80 bits per heavy atom. The molecule has 0 aliphatic rings. The topological polar surface area (TPSA) is 25.4 Å². The zero-order valence-electron chi connectivity index (χ0n) is 12.5. The third-order valence-corrected chi connectivity index (χ3v) is 4.17. The number of aryl methyl sites for hydroxylation is 3. The lowest BCUT2D eigenvalue weighted by atomic mass is 10.1. The maximum absolute atomic E-state index is 5.52. The van der Waals surface area contributed by atoms with Crippen LogP contribution in [0, 0.1) is 20.8 Å². The first-order chi connectivity index (χ1) is 9.43. The van der Waals surface area contributed by atoms with E-state index in [-0.39, 0.29) is 0 Å². The van der Waals surface area contributed by atoms with Crippen molar-refractivity contribution in [3.05, 3.63) is 45.6 Å². The third-order valence-electron chi connectivity index (χ3n) is 3.34. The number of rotatable bonds is 3. The van der Waals surface area contributed by atoms with E-state index in [0.717, 1.165) is 27.3 Å². The third kappa shape index (κ3) is 2.80. The highest BCUT2D eigenvalue weighted by atomic mass is 79.9. The van der Waals surface area contributed by atoms with Crippen LogP contribution in [0.1, 0.15) is 16.7 Å². The Balaban J connectivity index is 2.52. The minimum absolute atomic E-state index is 0.868. The van der Waals surface area contributed by atoms with E-state index in [1.54, 1.807) is 7.11 Å². The minimum Gasteiger partial charge on any atom is -0.495 e. The van der Waals surface area contributed by atoms with Gasteiger partial charge in [0.15, 0.2) is 0 Å². The number of hydrogen-bond acceptors (Lipinski definition) is 3. The molecule has 0 aliphatic heterocycles. The van der Waals surface area contributed by atoms with Crippen molar-refractivity contribution in [2.75, 3.05) is 19.1 Å². The minimum atomic E-state index is 0.868. The normalized spacial score (nSPS) is 10.5. The van der Waals surface area contributed by atoms with Crippen LogP contribution in [0.4, 0.5) is 11.5 Å². The highest BCUT2D eigenvalue weighted by Crippen LogP contribution is 2.36. The van der Waals surface area contributed by atoms with Gasteiger partial charge in [-0.15, -0.1) is 0 Å². The van der Waals surface area contributed by atoms with Crippen molar-refractivity contribution in [1.82, 2.24) is 4.98 Å². The number of hydrogen-bond donors (Lipinski definition) is 0. The molecule has 2 rings (SSSR count). The molecule has 20 heavy (non-hydrogen) atoms. The van der Waals surface area contributed by atoms with Gasteiger partial charge in [-0.1, -0.05) is 6.07 Å². The van der Waals surface area contributed by atoms with Crippen LogP contribution in [0.2, 0.25) is 0 Å². The van der Waals surface area contributed by atoms with Crippen LogP contribution in [0.25, 0.3) is 0 Å². The highest BCUT2D eigenvalue weighted by molar-refractivity contribution is 9.10. The molecule has 0 saturated carbocycles. The Hall–Kier alpha value is -1.55. The van der Waals surface area contributed by atoms with Crippen LogP contribution in [0.15, 0.2) is 28.9 Å². The Kier molecular flexibility index (Phi) is 4.33. The quantitative estimate of drug-likeness (QED) is 0.823. The van der Waals surface area contributed by atoms with E-state index >= 15 is 0 Å². The average molecular weight is 335 g/mol. The van der Waals surface area contributed by atoms with Gasteiger partial charge in [-0.25, -0.2) is 4.98 Å². The second-order valence-electron chi connectivity index (χ2n) is 4.98. The Morgan fingerprint density at radius 1 is 1.10 bits per heavy atom. The van der Waals surface area contributed by atoms with Crippen molar-refractivity contribution in [3.8, 4) is 5.75 Å². The molecule has 1 aromatic carbocycles. The molecule has 0 N–H and O–H groups in total. The van der Waals surface area contributed by atoms with Gasteiger partial charge in [0.25, 0.3) is 0 Å². The van der Waals surface area contributed by atoms with Crippen molar-refractivity contribution in [1.29, 1.82) is 0 Å². The van der Waals surface area contributed by atoms with Gasteiger partial charge in [-0.3, -0.25) is 0 Å². The Bertz CT molecular complexity index is 641. The average Bonchev–Trinajstić information content (AvgIpc) is 2.40. The van der Waals surface area contributed by atoms with Gasteiger partial charge in [0.1, 0.15) is 11.6 Å². The van der Waals surface area contributed by atoms with E-state index < -0.39 is 0 Å². The lowest BCUT2D eigenvalue weighted by Gasteiger charge is -2.24. The summed E-state index contributed by atoms with van der Waals surface area (Å²) in [6, 6.07) is 6.26. The second-order valence-corrected chi connectivity index (χ2v) is 5.84. The summed E-state index contributed by atoms with van der Waals surface area (Å²) < 4.78 is 6.54. The van der Waals surface area contributed by atoms with Crippen molar-refractivity contribution in [3.63, 3.8) is 0 Å². The highest BCUT2D eigenvalue weighted by Gasteiger charge is 2.15. The summed E-state index contributed by atoms with van der Waals surface area (Å²) in [5.74, 6) is 1.77. The molecule has 0 aliphatic carbocycles. The van der Waals surface area contributed by atoms with Crippen molar-refractivity contribution >= 4 is 27.4 Å². The molecule has 0 radical (unpaired) electrons. The number of benzene rings is 1. The van der Waals surface area contributed by atoms with E-state index in [1.165, 1.54) is 11.1 Å². The van der Waals surface area contributed by atoms with Crippen LogP contribution < -0.4 is 9.64 Å². The number of aromatic nitrogens is 1. The maximum Gasteiger partial charge on any atom is 0.143 e. The molecule has 1 aromatic heterocycles. The summed E-state index contributed by atoms with van der Waals surface area (Å²) in [7, 11) is 3.71. The lowest BCUT2D eigenvalue weighted by Crippen LogP contribution is -2.14. The molecular weight excluding hydrogens is 316 g/mol. The van der Waals surface area contributed by atoms with Gasteiger partial charge in [0.2, 0.25) is 0 Å². The van der Waals surface area contributed by atoms with Crippen molar-refractivity contribution in [2.45, 2.75) is 20.8 Å². The van der Waals surface area contributed by atoms with Crippen molar-refractivity contribution in [2.24, 2.45) is 0 Å². The Labute approximate surface area is 128 Å². The van der Waals surface area contributed by atoms with Crippen LogP contribution in [-0.2, 0) is 0 Å². The molecule has 0 fully saturated rings. The first-order valence-electron chi connectivity index (χ1n) is 6.45. The zero-order chi connectivity index (χ0) is 14.9. The van der Waals surface area contributed by atoms with E-state index in [4.69, 9.17) is 4.74 Å². The first-order valence-corrected chi connectivity index (χ1v) is 7.24. The summed E-state index contributed by atoms with van der Waals surface area (Å²) in [6.07, 6.45) is 1.83. The standard InChI is InChI=1S/C16H19BrN2O/c1-10-6-12(3)16(14(7-10)20-5)19(4)15-8-11(2)13(17)9-18-15/h6-9H,1-5H3. The number of nitrogens with zero attached hydrogens (tertiary/aromatic N) is 2. The van der Waals surface area contributed by atoms with Crippen LogP contribution >= 0.6 is 15.9 Å². The van der Waals surface area contributed by atoms with Gasteiger partial charge in [0.05, 0.1) is 12.8 Å². The largest absolute Gasteiger partial charge is 0.495 e. The molecule has 1 heterocycles. The molecule has 0 saturated heterocycles. The lowest BCUT2D eigenvalue weighted by molar-refractivity contribution is 0.415. The monoisotopic (exact) mass is 334 g/mol. The number of ether oxygens (including phenoxy) is 1. The predicted molar refractivity (Wildman–Crippen MR) is 87.2 cm³/mol. The fraction of sp³-hybridized carbons (Fsp3) is 0.312. The van der Waals surface area contributed by atoms with Gasteiger partial charge in [-0.2, -0.15) is 0 Å². The van der Waals surface area contributed by atoms with Gasteiger partial charge >= 0.3 is 0 Å². The van der Waals surface area contributed by atoms with Gasteiger partial charge in [-0.05, 0) is 65.5 Å². The summed E-state index contributed by atoms with van der Waals surface area (Å²) in [4.78, 5) is 6.54. The summed E-state index contributed by atoms with van der Waals surface area (Å²) in [6.45, 7) is 6.22. The summed E-state index contributed by atoms with van der Waals surface area (Å²) in [5.41, 5.74) is 4.57.